The second kappa shape index (κ2) is 6.37. The Balaban J connectivity index is 3.67. The topological polar surface area (TPSA) is 66.4 Å². The van der Waals surface area contributed by atoms with Gasteiger partial charge in [-0.2, -0.15) is 4.72 Å². The number of hydrogen-bond donors (Lipinski definition) is 2. The minimum absolute atomic E-state index is 0.804. The van der Waals surface area contributed by atoms with Gasteiger partial charge in [-0.15, -0.1) is 0 Å². The SMILES string of the molecule is CC(C)(C)S(=O)(=O)N[C@](CF)(c1ccccc1F)C(F)(F)CO. The maximum atomic E-state index is 14.3. The van der Waals surface area contributed by atoms with Gasteiger partial charge in [-0.05, 0) is 26.8 Å². The zero-order chi connectivity index (χ0) is 18.1. The van der Waals surface area contributed by atoms with Gasteiger partial charge in [0.2, 0.25) is 10.0 Å². The lowest BCUT2D eigenvalue weighted by Crippen LogP contribution is -2.63. The number of halogens is 4. The Morgan fingerprint density at radius 3 is 2.09 bits per heavy atom. The summed E-state index contributed by atoms with van der Waals surface area (Å²) in [5.74, 6) is -5.49. The molecule has 0 saturated carbocycles. The number of nitrogens with one attached hydrogen (secondary N) is 1. The molecule has 0 bridgehead atoms. The molecule has 23 heavy (non-hydrogen) atoms. The van der Waals surface area contributed by atoms with Crippen LogP contribution in [0.3, 0.4) is 0 Å². The van der Waals surface area contributed by atoms with Crippen LogP contribution in [0.4, 0.5) is 17.6 Å². The van der Waals surface area contributed by atoms with Gasteiger partial charge in [0, 0.05) is 5.56 Å². The van der Waals surface area contributed by atoms with Gasteiger partial charge < -0.3 is 5.11 Å². The summed E-state index contributed by atoms with van der Waals surface area (Å²) in [7, 11) is -4.47. The molecular formula is C14H19F4NO3S. The Morgan fingerprint density at radius 1 is 1.17 bits per heavy atom. The van der Waals surface area contributed by atoms with Crippen LogP contribution in [0.2, 0.25) is 0 Å². The standard InChI is InChI=1S/C14H19F4NO3S/c1-12(2,3)23(21,22)19-13(8-15,14(17,18)9-20)10-6-4-5-7-11(10)16/h4-7,19-20H,8-9H2,1-3H3/t13-/m1/s1. The summed E-state index contributed by atoms with van der Waals surface area (Å²) in [6, 6.07) is 4.01. The van der Waals surface area contributed by atoms with E-state index in [4.69, 9.17) is 5.11 Å². The highest BCUT2D eigenvalue weighted by molar-refractivity contribution is 7.90. The third kappa shape index (κ3) is 3.51. The smallest absolute Gasteiger partial charge is 0.296 e. The summed E-state index contributed by atoms with van der Waals surface area (Å²) in [6.07, 6.45) is 0. The molecule has 9 heteroatoms. The molecule has 0 radical (unpaired) electrons. The third-order valence-corrected chi connectivity index (χ3v) is 5.70. The van der Waals surface area contributed by atoms with E-state index >= 15 is 0 Å². The van der Waals surface area contributed by atoms with E-state index < -0.39 is 50.9 Å². The van der Waals surface area contributed by atoms with Gasteiger partial charge in [0.25, 0.3) is 5.92 Å². The van der Waals surface area contributed by atoms with E-state index in [0.29, 0.717) is 0 Å². The maximum Gasteiger partial charge on any atom is 0.296 e. The number of alkyl halides is 3. The Labute approximate surface area is 132 Å². The van der Waals surface area contributed by atoms with E-state index in [2.05, 4.69) is 0 Å². The van der Waals surface area contributed by atoms with E-state index in [1.54, 1.807) is 4.72 Å². The van der Waals surface area contributed by atoms with Crippen LogP contribution >= 0.6 is 0 Å². The van der Waals surface area contributed by atoms with E-state index in [1.807, 2.05) is 0 Å². The van der Waals surface area contributed by atoms with Gasteiger partial charge >= 0.3 is 0 Å². The Morgan fingerprint density at radius 2 is 1.70 bits per heavy atom. The molecule has 0 aliphatic carbocycles. The predicted octanol–water partition coefficient (Wildman–Crippen LogP) is 2.34. The highest BCUT2D eigenvalue weighted by atomic mass is 32.2. The Kier molecular flexibility index (Phi) is 5.50. The molecule has 0 aromatic heterocycles. The van der Waals surface area contributed by atoms with Crippen molar-refractivity contribution in [3.8, 4) is 0 Å². The second-order valence-corrected chi connectivity index (χ2v) is 8.53. The minimum Gasteiger partial charge on any atom is -0.390 e. The summed E-state index contributed by atoms with van der Waals surface area (Å²) < 4.78 is 80.8. The van der Waals surface area contributed by atoms with Crippen molar-refractivity contribution in [1.29, 1.82) is 0 Å². The quantitative estimate of drug-likeness (QED) is 0.768. The molecule has 0 amide bonds. The summed E-state index contributed by atoms with van der Waals surface area (Å²) in [5.41, 5.74) is -4.13. The summed E-state index contributed by atoms with van der Waals surface area (Å²) in [6.45, 7) is -0.154. The van der Waals surface area contributed by atoms with Crippen LogP contribution in [0.5, 0.6) is 0 Å². The summed E-state index contributed by atoms with van der Waals surface area (Å²) in [5, 5.41) is 8.94. The molecule has 1 aromatic rings. The number of hydrogen-bond acceptors (Lipinski definition) is 3. The molecule has 0 heterocycles. The normalized spacial score (nSPS) is 16.2. The third-order valence-electron chi connectivity index (χ3n) is 3.47. The monoisotopic (exact) mass is 357 g/mol. The molecule has 0 aliphatic heterocycles. The van der Waals surface area contributed by atoms with Gasteiger partial charge in [-0.3, -0.25) is 0 Å². The fourth-order valence-electron chi connectivity index (χ4n) is 1.85. The molecule has 0 aliphatic rings. The number of aliphatic hydroxyl groups is 1. The predicted molar refractivity (Wildman–Crippen MR) is 77.9 cm³/mol. The van der Waals surface area contributed by atoms with Crippen LogP contribution in [0.1, 0.15) is 26.3 Å². The molecule has 1 rings (SSSR count). The first-order valence-electron chi connectivity index (χ1n) is 6.68. The zero-order valence-electron chi connectivity index (χ0n) is 12.9. The molecule has 1 atom stereocenters. The molecule has 1 aromatic carbocycles. The van der Waals surface area contributed by atoms with Crippen molar-refractivity contribution in [2.24, 2.45) is 0 Å². The number of rotatable bonds is 6. The average molecular weight is 357 g/mol. The summed E-state index contributed by atoms with van der Waals surface area (Å²) in [4.78, 5) is 0. The number of sulfonamides is 1. The van der Waals surface area contributed by atoms with Gasteiger partial charge in [-0.1, -0.05) is 18.2 Å². The molecule has 4 nitrogen and oxygen atoms in total. The van der Waals surface area contributed by atoms with E-state index in [9.17, 15) is 26.0 Å². The molecule has 2 N–H and O–H groups in total. The van der Waals surface area contributed by atoms with Crippen molar-refractivity contribution in [2.75, 3.05) is 13.3 Å². The van der Waals surface area contributed by atoms with Crippen LogP contribution in [-0.2, 0) is 15.6 Å². The first kappa shape index (κ1) is 19.9. The Bertz CT molecular complexity index is 658. The summed E-state index contributed by atoms with van der Waals surface area (Å²) >= 11 is 0. The molecule has 0 unspecified atom stereocenters. The van der Waals surface area contributed by atoms with E-state index in [1.165, 1.54) is 32.9 Å². The van der Waals surface area contributed by atoms with Crippen molar-refractivity contribution in [1.82, 2.24) is 4.72 Å². The van der Waals surface area contributed by atoms with Crippen LogP contribution in [0.15, 0.2) is 24.3 Å². The Hall–Kier alpha value is -1.19. The number of aliphatic hydroxyl groups excluding tert-OH is 1. The van der Waals surface area contributed by atoms with Crippen LogP contribution in [-0.4, -0.2) is 37.5 Å². The zero-order valence-corrected chi connectivity index (χ0v) is 13.7. The molecular weight excluding hydrogens is 338 g/mol. The lowest BCUT2D eigenvalue weighted by atomic mass is 9.85. The largest absolute Gasteiger partial charge is 0.390 e. The van der Waals surface area contributed by atoms with E-state index in [-0.39, 0.29) is 0 Å². The van der Waals surface area contributed by atoms with Crippen LogP contribution < -0.4 is 4.72 Å². The van der Waals surface area contributed by atoms with Crippen molar-refractivity contribution in [3.63, 3.8) is 0 Å². The molecule has 0 fully saturated rings. The van der Waals surface area contributed by atoms with Gasteiger partial charge in [0.15, 0.2) is 5.54 Å². The van der Waals surface area contributed by atoms with Gasteiger partial charge in [-0.25, -0.2) is 26.0 Å². The molecule has 132 valence electrons. The fourth-order valence-corrected chi connectivity index (χ4v) is 2.93. The van der Waals surface area contributed by atoms with Gasteiger partial charge in [0.1, 0.15) is 19.1 Å². The first-order valence-corrected chi connectivity index (χ1v) is 8.16. The van der Waals surface area contributed by atoms with Crippen molar-refractivity contribution >= 4 is 10.0 Å². The molecule has 0 saturated heterocycles. The van der Waals surface area contributed by atoms with Crippen LogP contribution in [0, 0.1) is 5.82 Å². The van der Waals surface area contributed by atoms with Crippen molar-refractivity contribution in [3.05, 3.63) is 35.6 Å². The minimum atomic E-state index is -4.47. The number of benzene rings is 1. The van der Waals surface area contributed by atoms with E-state index in [0.717, 1.165) is 12.1 Å². The maximum absolute atomic E-state index is 14.3. The highest BCUT2D eigenvalue weighted by Crippen LogP contribution is 2.40. The van der Waals surface area contributed by atoms with Crippen molar-refractivity contribution < 1.29 is 31.1 Å². The first-order chi connectivity index (χ1) is 10.3. The average Bonchev–Trinajstić information content (AvgIpc) is 2.44. The molecule has 0 spiro atoms. The van der Waals surface area contributed by atoms with Crippen molar-refractivity contribution in [2.45, 2.75) is 37.0 Å². The highest BCUT2D eigenvalue weighted by Gasteiger charge is 2.59. The second-order valence-electron chi connectivity index (χ2n) is 6.10. The lowest BCUT2D eigenvalue weighted by Gasteiger charge is -2.40. The van der Waals surface area contributed by atoms with Gasteiger partial charge in [0.05, 0.1) is 4.75 Å². The lowest BCUT2D eigenvalue weighted by molar-refractivity contribution is -0.128. The fraction of sp³-hybridized carbons (Fsp3) is 0.571. The van der Waals surface area contributed by atoms with Crippen LogP contribution in [0.25, 0.3) is 0 Å².